The van der Waals surface area contributed by atoms with E-state index in [9.17, 15) is 0 Å². The highest BCUT2D eigenvalue weighted by atomic mass is 32.1. The van der Waals surface area contributed by atoms with E-state index in [1.807, 2.05) is 43.1 Å². The van der Waals surface area contributed by atoms with Crippen LogP contribution in [0.15, 0.2) is 24.5 Å². The topological polar surface area (TPSA) is 38.9 Å². The number of aryl methyl sites for hydroxylation is 1. The second-order valence-corrected chi connectivity index (χ2v) is 4.23. The average Bonchev–Trinajstić information content (AvgIpc) is 2.83. The predicted octanol–water partition coefficient (Wildman–Crippen LogP) is 1.82. The van der Waals surface area contributed by atoms with E-state index in [0.29, 0.717) is 18.9 Å². The summed E-state index contributed by atoms with van der Waals surface area (Å²) in [4.78, 5) is 0. The van der Waals surface area contributed by atoms with Gasteiger partial charge in [0.1, 0.15) is 13.7 Å². The number of pyridine rings is 1. The van der Waals surface area contributed by atoms with Gasteiger partial charge < -0.3 is 4.74 Å². The summed E-state index contributed by atoms with van der Waals surface area (Å²) in [5, 5.41) is 0. The molecule has 0 aliphatic carbocycles. The fourth-order valence-electron chi connectivity index (χ4n) is 1.50. The Labute approximate surface area is 111 Å². The molecule has 0 atom stereocenters. The Morgan fingerprint density at radius 3 is 3.11 bits per heavy atom. The van der Waals surface area contributed by atoms with Gasteiger partial charge in [-0.25, -0.2) is 4.57 Å². The third kappa shape index (κ3) is 3.05. The van der Waals surface area contributed by atoms with Crippen molar-refractivity contribution in [2.45, 2.75) is 13.3 Å². The number of nitrogens with zero attached hydrogens (tertiary/aromatic N) is 3. The summed E-state index contributed by atoms with van der Waals surface area (Å²) >= 11 is 1.16. The van der Waals surface area contributed by atoms with Crippen LogP contribution >= 0.6 is 11.7 Å². The highest BCUT2D eigenvalue weighted by molar-refractivity contribution is 6.99. The van der Waals surface area contributed by atoms with Gasteiger partial charge in [-0.2, -0.15) is 4.37 Å². The second kappa shape index (κ2) is 6.12. The fourth-order valence-corrected chi connectivity index (χ4v) is 2.02. The lowest BCUT2D eigenvalue weighted by molar-refractivity contribution is -0.671. The van der Waals surface area contributed by atoms with Crippen molar-refractivity contribution in [1.29, 1.82) is 0 Å². The SMILES string of the molecule is CC#CCCOc1nsnc1-c1ccc[n+](C)c1. The largest absolute Gasteiger partial charge is 0.474 e. The van der Waals surface area contributed by atoms with E-state index in [4.69, 9.17) is 4.74 Å². The molecule has 2 aromatic heterocycles. The van der Waals surface area contributed by atoms with Crippen LogP contribution in [0.3, 0.4) is 0 Å². The normalized spacial score (nSPS) is 9.67. The molecule has 0 radical (unpaired) electrons. The van der Waals surface area contributed by atoms with Gasteiger partial charge >= 0.3 is 0 Å². The predicted molar refractivity (Wildman–Crippen MR) is 70.1 cm³/mol. The number of ether oxygens (including phenoxy) is 1. The van der Waals surface area contributed by atoms with Crippen molar-refractivity contribution in [3.63, 3.8) is 0 Å². The lowest BCUT2D eigenvalue weighted by Gasteiger charge is -2.01. The maximum Gasteiger partial charge on any atom is 0.254 e. The van der Waals surface area contributed by atoms with Crippen LogP contribution in [0.2, 0.25) is 0 Å². The van der Waals surface area contributed by atoms with Crippen LogP contribution in [0.1, 0.15) is 13.3 Å². The first-order valence-electron chi connectivity index (χ1n) is 5.62. The number of rotatable bonds is 4. The first kappa shape index (κ1) is 12.5. The molecule has 2 rings (SSSR count). The molecule has 0 fully saturated rings. The Bertz CT molecular complexity index is 583. The third-order valence-electron chi connectivity index (χ3n) is 2.31. The molecule has 0 aliphatic heterocycles. The van der Waals surface area contributed by atoms with Crippen molar-refractivity contribution in [1.82, 2.24) is 8.75 Å². The van der Waals surface area contributed by atoms with E-state index in [0.717, 1.165) is 23.0 Å². The Morgan fingerprint density at radius 1 is 1.44 bits per heavy atom. The molecule has 0 spiro atoms. The molecule has 2 heterocycles. The molecule has 2 aromatic rings. The standard InChI is InChI=1S/C13H14N3OS/c1-3-4-5-9-17-13-12(14-18-15-13)11-7-6-8-16(2)10-11/h6-8,10H,5,9H2,1-2H3/q+1. The van der Waals surface area contributed by atoms with Crippen LogP contribution in [0.25, 0.3) is 11.3 Å². The molecule has 0 unspecified atom stereocenters. The molecule has 0 N–H and O–H groups in total. The zero-order valence-corrected chi connectivity index (χ0v) is 11.2. The first-order chi connectivity index (χ1) is 8.81. The molecule has 0 saturated heterocycles. The molecule has 0 bridgehead atoms. The van der Waals surface area contributed by atoms with Gasteiger partial charge in [-0.15, -0.1) is 16.2 Å². The fraction of sp³-hybridized carbons (Fsp3) is 0.308. The molecular formula is C13H14N3OS+. The van der Waals surface area contributed by atoms with Crippen LogP contribution < -0.4 is 9.30 Å². The lowest BCUT2D eigenvalue weighted by Crippen LogP contribution is -2.26. The van der Waals surface area contributed by atoms with Gasteiger partial charge in [-0.3, -0.25) is 0 Å². The first-order valence-corrected chi connectivity index (χ1v) is 6.35. The van der Waals surface area contributed by atoms with Crippen molar-refractivity contribution in [3.05, 3.63) is 24.5 Å². The quantitative estimate of drug-likeness (QED) is 0.478. The van der Waals surface area contributed by atoms with Gasteiger partial charge in [-0.05, 0) is 13.0 Å². The van der Waals surface area contributed by atoms with Crippen LogP contribution in [0.5, 0.6) is 5.88 Å². The van der Waals surface area contributed by atoms with E-state index >= 15 is 0 Å². The van der Waals surface area contributed by atoms with Gasteiger partial charge in [0.15, 0.2) is 18.1 Å². The van der Waals surface area contributed by atoms with E-state index in [1.54, 1.807) is 0 Å². The maximum absolute atomic E-state index is 5.60. The maximum atomic E-state index is 5.60. The highest BCUT2D eigenvalue weighted by Crippen LogP contribution is 2.26. The molecular weight excluding hydrogens is 246 g/mol. The molecule has 92 valence electrons. The van der Waals surface area contributed by atoms with Crippen molar-refractivity contribution < 1.29 is 9.30 Å². The van der Waals surface area contributed by atoms with Crippen LogP contribution in [0.4, 0.5) is 0 Å². The summed E-state index contributed by atoms with van der Waals surface area (Å²) in [7, 11) is 1.97. The molecule has 0 aliphatic rings. The minimum atomic E-state index is 0.540. The number of hydrogen-bond acceptors (Lipinski definition) is 4. The molecule has 18 heavy (non-hydrogen) atoms. The van der Waals surface area contributed by atoms with E-state index < -0.39 is 0 Å². The van der Waals surface area contributed by atoms with Crippen LogP contribution in [0, 0.1) is 11.8 Å². The number of hydrogen-bond donors (Lipinski definition) is 0. The van der Waals surface area contributed by atoms with Crippen molar-refractivity contribution in [3.8, 4) is 29.0 Å². The summed E-state index contributed by atoms with van der Waals surface area (Å²) in [6.45, 7) is 2.36. The molecule has 0 amide bonds. The minimum absolute atomic E-state index is 0.540. The Hall–Kier alpha value is -1.93. The molecule has 0 saturated carbocycles. The number of aromatic nitrogens is 3. The Kier molecular flexibility index (Phi) is 4.26. The zero-order chi connectivity index (χ0) is 12.8. The lowest BCUT2D eigenvalue weighted by atomic mass is 10.2. The summed E-state index contributed by atoms with van der Waals surface area (Å²) < 4.78 is 16.0. The van der Waals surface area contributed by atoms with Gasteiger partial charge in [0, 0.05) is 12.5 Å². The smallest absolute Gasteiger partial charge is 0.254 e. The average molecular weight is 260 g/mol. The monoisotopic (exact) mass is 260 g/mol. The van der Waals surface area contributed by atoms with Gasteiger partial charge in [0.05, 0.1) is 17.3 Å². The highest BCUT2D eigenvalue weighted by Gasteiger charge is 2.13. The van der Waals surface area contributed by atoms with E-state index in [2.05, 4.69) is 20.6 Å². The molecule has 4 nitrogen and oxygen atoms in total. The zero-order valence-electron chi connectivity index (χ0n) is 10.4. The van der Waals surface area contributed by atoms with Gasteiger partial charge in [-0.1, -0.05) is 0 Å². The summed E-state index contributed by atoms with van der Waals surface area (Å²) in [6, 6.07) is 3.97. The minimum Gasteiger partial charge on any atom is -0.474 e. The van der Waals surface area contributed by atoms with Gasteiger partial charge in [0.2, 0.25) is 0 Å². The van der Waals surface area contributed by atoms with Crippen molar-refractivity contribution in [2.75, 3.05) is 6.61 Å². The molecule has 0 aromatic carbocycles. The van der Waals surface area contributed by atoms with Crippen molar-refractivity contribution >= 4 is 11.7 Å². The summed E-state index contributed by atoms with van der Waals surface area (Å²) in [5.74, 6) is 6.38. The Balaban J connectivity index is 2.14. The Morgan fingerprint density at radius 2 is 2.33 bits per heavy atom. The van der Waals surface area contributed by atoms with E-state index in [-0.39, 0.29) is 0 Å². The van der Waals surface area contributed by atoms with Crippen LogP contribution in [-0.4, -0.2) is 15.4 Å². The van der Waals surface area contributed by atoms with E-state index in [1.165, 1.54) is 0 Å². The van der Waals surface area contributed by atoms with Crippen molar-refractivity contribution in [2.24, 2.45) is 7.05 Å². The molecule has 5 heteroatoms. The van der Waals surface area contributed by atoms with Gasteiger partial charge in [0.25, 0.3) is 5.88 Å². The third-order valence-corrected chi connectivity index (χ3v) is 2.83. The summed E-state index contributed by atoms with van der Waals surface area (Å²) in [6.07, 6.45) is 4.67. The second-order valence-electron chi connectivity index (χ2n) is 3.70. The van der Waals surface area contributed by atoms with Crippen LogP contribution in [-0.2, 0) is 7.05 Å². The summed E-state index contributed by atoms with van der Waals surface area (Å²) in [5.41, 5.74) is 1.80.